The molecule has 0 saturated carbocycles. The van der Waals surface area contributed by atoms with Gasteiger partial charge in [0.2, 0.25) is 0 Å². The Morgan fingerprint density at radius 2 is 2.27 bits per heavy atom. The molecule has 0 saturated heterocycles. The van der Waals surface area contributed by atoms with Gasteiger partial charge >= 0.3 is 4.87 Å². The topological polar surface area (TPSA) is 22.0 Å². The van der Waals surface area contributed by atoms with Gasteiger partial charge in [-0.05, 0) is 17.7 Å². The Bertz CT molecular complexity index is 534. The quantitative estimate of drug-likeness (QED) is 0.833. The third-order valence-corrected chi connectivity index (χ3v) is 3.43. The first-order chi connectivity index (χ1) is 7.16. The lowest BCUT2D eigenvalue weighted by atomic mass is 10.2. The fourth-order valence-corrected chi connectivity index (χ4v) is 2.30. The fraction of sp³-hybridized carbons (Fsp3) is 0.100. The number of hydrogen-bond acceptors (Lipinski definition) is 2. The largest absolute Gasteiger partial charge is 0.307 e. The zero-order valence-electron chi connectivity index (χ0n) is 7.61. The molecule has 0 fully saturated rings. The van der Waals surface area contributed by atoms with Gasteiger partial charge in [0.1, 0.15) is 5.82 Å². The second-order valence-electron chi connectivity index (χ2n) is 3.03. The first-order valence-corrected chi connectivity index (χ1v) is 5.92. The van der Waals surface area contributed by atoms with Crippen molar-refractivity contribution in [2.24, 2.45) is 0 Å². The molecule has 2 aromatic rings. The monoisotopic (exact) mass is 287 g/mol. The lowest BCUT2D eigenvalue weighted by Gasteiger charge is -2.04. The SMILES string of the molecule is O=c1sccn1Cc1ccc(F)cc1Br. The van der Waals surface area contributed by atoms with Crippen LogP contribution < -0.4 is 4.87 Å². The van der Waals surface area contributed by atoms with E-state index < -0.39 is 0 Å². The van der Waals surface area contributed by atoms with E-state index in [0.717, 1.165) is 16.9 Å². The molecule has 0 radical (unpaired) electrons. The zero-order valence-corrected chi connectivity index (χ0v) is 10.0. The van der Waals surface area contributed by atoms with E-state index in [9.17, 15) is 9.18 Å². The summed E-state index contributed by atoms with van der Waals surface area (Å²) in [5, 5.41) is 1.74. The minimum atomic E-state index is -0.289. The van der Waals surface area contributed by atoms with Gasteiger partial charge in [-0.3, -0.25) is 4.79 Å². The van der Waals surface area contributed by atoms with Gasteiger partial charge in [0, 0.05) is 16.0 Å². The second kappa shape index (κ2) is 4.28. The molecule has 2 rings (SSSR count). The Kier molecular flexibility index (Phi) is 3.02. The maximum absolute atomic E-state index is 12.8. The van der Waals surface area contributed by atoms with Crippen LogP contribution in [0.15, 0.2) is 39.0 Å². The van der Waals surface area contributed by atoms with Crippen LogP contribution in [-0.2, 0) is 6.54 Å². The summed E-state index contributed by atoms with van der Waals surface area (Å²) in [4.78, 5) is 11.3. The number of thiazole rings is 1. The molecule has 78 valence electrons. The van der Waals surface area contributed by atoms with Crippen molar-refractivity contribution in [3.63, 3.8) is 0 Å². The predicted octanol–water partition coefficient (Wildman–Crippen LogP) is 2.86. The number of halogens is 2. The minimum Gasteiger partial charge on any atom is -0.301 e. The van der Waals surface area contributed by atoms with Crippen molar-refractivity contribution < 1.29 is 4.39 Å². The molecule has 0 unspecified atom stereocenters. The molecule has 0 aliphatic heterocycles. The Morgan fingerprint density at radius 3 is 2.87 bits per heavy atom. The van der Waals surface area contributed by atoms with Gasteiger partial charge in [-0.25, -0.2) is 4.39 Å². The van der Waals surface area contributed by atoms with Gasteiger partial charge < -0.3 is 4.57 Å². The molecule has 1 aromatic heterocycles. The highest BCUT2D eigenvalue weighted by atomic mass is 79.9. The maximum atomic E-state index is 12.8. The van der Waals surface area contributed by atoms with Gasteiger partial charge in [0.05, 0.1) is 6.54 Å². The third-order valence-electron chi connectivity index (χ3n) is 2.00. The van der Waals surface area contributed by atoms with Crippen molar-refractivity contribution in [1.82, 2.24) is 4.57 Å². The molecule has 1 heterocycles. The summed E-state index contributed by atoms with van der Waals surface area (Å²) in [6, 6.07) is 4.45. The molecule has 0 amide bonds. The lowest BCUT2D eigenvalue weighted by Crippen LogP contribution is -2.12. The summed E-state index contributed by atoms with van der Waals surface area (Å²) < 4.78 is 15.1. The highest BCUT2D eigenvalue weighted by Crippen LogP contribution is 2.18. The van der Waals surface area contributed by atoms with Crippen molar-refractivity contribution >= 4 is 27.3 Å². The summed E-state index contributed by atoms with van der Waals surface area (Å²) in [5.74, 6) is -0.289. The van der Waals surface area contributed by atoms with Crippen LogP contribution in [0.2, 0.25) is 0 Å². The summed E-state index contributed by atoms with van der Waals surface area (Å²) in [7, 11) is 0. The van der Waals surface area contributed by atoms with E-state index in [1.807, 2.05) is 0 Å². The van der Waals surface area contributed by atoms with Gasteiger partial charge in [-0.15, -0.1) is 0 Å². The highest BCUT2D eigenvalue weighted by Gasteiger charge is 2.03. The summed E-state index contributed by atoms with van der Waals surface area (Å²) in [6.45, 7) is 0.462. The predicted molar refractivity (Wildman–Crippen MR) is 61.8 cm³/mol. The molecule has 0 bridgehead atoms. The number of benzene rings is 1. The molecule has 0 atom stereocenters. The van der Waals surface area contributed by atoms with Crippen LogP contribution in [0.25, 0.3) is 0 Å². The van der Waals surface area contributed by atoms with E-state index in [4.69, 9.17) is 0 Å². The molecule has 1 aromatic carbocycles. The van der Waals surface area contributed by atoms with Crippen molar-refractivity contribution in [1.29, 1.82) is 0 Å². The third kappa shape index (κ3) is 2.35. The molecular formula is C10H7BrFNOS. The smallest absolute Gasteiger partial charge is 0.301 e. The second-order valence-corrected chi connectivity index (χ2v) is 4.74. The summed E-state index contributed by atoms with van der Waals surface area (Å²) >= 11 is 4.42. The van der Waals surface area contributed by atoms with Crippen molar-refractivity contribution in [3.05, 3.63) is 55.3 Å². The lowest BCUT2D eigenvalue weighted by molar-refractivity contribution is 0.625. The van der Waals surface area contributed by atoms with Gasteiger partial charge in [0.15, 0.2) is 0 Å². The Balaban J connectivity index is 2.33. The van der Waals surface area contributed by atoms with E-state index >= 15 is 0 Å². The number of aromatic nitrogens is 1. The number of hydrogen-bond donors (Lipinski definition) is 0. The number of rotatable bonds is 2. The summed E-state index contributed by atoms with van der Waals surface area (Å²) in [5.41, 5.74) is 0.886. The van der Waals surface area contributed by atoms with E-state index in [0.29, 0.717) is 11.0 Å². The maximum Gasteiger partial charge on any atom is 0.307 e. The molecule has 0 N–H and O–H groups in total. The van der Waals surface area contributed by atoms with Crippen LogP contribution >= 0.6 is 27.3 Å². The standard InChI is InChI=1S/C10H7BrFNOS/c11-9-5-8(12)2-1-7(9)6-13-3-4-15-10(13)14/h1-5H,6H2. The van der Waals surface area contributed by atoms with Crippen LogP contribution in [0, 0.1) is 5.82 Å². The van der Waals surface area contributed by atoms with Gasteiger partial charge in [-0.2, -0.15) is 0 Å². The van der Waals surface area contributed by atoms with Crippen LogP contribution in [-0.4, -0.2) is 4.57 Å². The molecule has 0 aliphatic rings. The first kappa shape index (κ1) is 10.6. The van der Waals surface area contributed by atoms with Gasteiger partial charge in [0.25, 0.3) is 0 Å². The highest BCUT2D eigenvalue weighted by molar-refractivity contribution is 9.10. The van der Waals surface area contributed by atoms with Crippen molar-refractivity contribution in [3.8, 4) is 0 Å². The molecule has 0 spiro atoms. The Hall–Kier alpha value is -0.940. The van der Waals surface area contributed by atoms with Gasteiger partial charge in [-0.1, -0.05) is 33.3 Å². The molecule has 0 aliphatic carbocycles. The van der Waals surface area contributed by atoms with E-state index in [1.165, 1.54) is 12.1 Å². The average Bonchev–Trinajstić information content (AvgIpc) is 2.57. The summed E-state index contributed by atoms with van der Waals surface area (Å²) in [6.07, 6.45) is 1.72. The Morgan fingerprint density at radius 1 is 1.47 bits per heavy atom. The van der Waals surface area contributed by atoms with E-state index in [1.54, 1.807) is 22.2 Å². The van der Waals surface area contributed by atoms with Crippen LogP contribution in [0.3, 0.4) is 0 Å². The Labute approximate surface area is 98.1 Å². The van der Waals surface area contributed by atoms with Crippen LogP contribution in [0.5, 0.6) is 0 Å². The molecular weight excluding hydrogens is 281 g/mol. The van der Waals surface area contributed by atoms with E-state index in [2.05, 4.69) is 15.9 Å². The molecule has 15 heavy (non-hydrogen) atoms. The molecule has 5 heteroatoms. The van der Waals surface area contributed by atoms with Crippen molar-refractivity contribution in [2.75, 3.05) is 0 Å². The zero-order chi connectivity index (χ0) is 10.8. The average molecular weight is 288 g/mol. The van der Waals surface area contributed by atoms with E-state index in [-0.39, 0.29) is 10.7 Å². The fourth-order valence-electron chi connectivity index (χ4n) is 1.24. The van der Waals surface area contributed by atoms with Crippen molar-refractivity contribution in [2.45, 2.75) is 6.54 Å². The number of nitrogens with zero attached hydrogens (tertiary/aromatic N) is 1. The first-order valence-electron chi connectivity index (χ1n) is 4.24. The minimum absolute atomic E-state index is 0.00812. The van der Waals surface area contributed by atoms with Crippen LogP contribution in [0.4, 0.5) is 4.39 Å². The normalized spacial score (nSPS) is 10.5. The van der Waals surface area contributed by atoms with Crippen LogP contribution in [0.1, 0.15) is 5.56 Å². The molecule has 2 nitrogen and oxygen atoms in total.